The van der Waals surface area contributed by atoms with Crippen LogP contribution in [0, 0.1) is 0 Å². The summed E-state index contributed by atoms with van der Waals surface area (Å²) in [6.45, 7) is 7.19. The molecule has 0 aliphatic heterocycles. The number of hydrogen-bond donors (Lipinski definition) is 1. The first-order valence-corrected chi connectivity index (χ1v) is 7.97. The van der Waals surface area contributed by atoms with E-state index in [0.717, 1.165) is 23.7 Å². The molecule has 2 rings (SSSR count). The zero-order valence-corrected chi connectivity index (χ0v) is 14.0. The van der Waals surface area contributed by atoms with Gasteiger partial charge in [-0.1, -0.05) is 6.92 Å². The molecule has 6 heteroatoms. The Morgan fingerprint density at radius 2 is 2.10 bits per heavy atom. The highest BCUT2D eigenvalue weighted by Gasteiger charge is 2.25. The van der Waals surface area contributed by atoms with Crippen LogP contribution in [0.3, 0.4) is 0 Å². The van der Waals surface area contributed by atoms with Crippen molar-refractivity contribution in [1.82, 2.24) is 15.1 Å². The van der Waals surface area contributed by atoms with Crippen molar-refractivity contribution in [2.24, 2.45) is 0 Å². The maximum absolute atomic E-state index is 5.51. The first-order chi connectivity index (χ1) is 10.1. The number of hydrogen-bond acceptors (Lipinski definition) is 5. The number of aromatic nitrogens is 2. The van der Waals surface area contributed by atoms with Gasteiger partial charge in [0.15, 0.2) is 5.75 Å². The minimum Gasteiger partial charge on any atom is -0.496 e. The minimum atomic E-state index is 0.0451. The van der Waals surface area contributed by atoms with Crippen molar-refractivity contribution in [3.63, 3.8) is 0 Å². The SMILES string of the molecule is CCNC(c1cc(OC)cs1)c1c(OC)cnn1C(C)C. The molecule has 2 aromatic heterocycles. The minimum absolute atomic E-state index is 0.0451. The van der Waals surface area contributed by atoms with Gasteiger partial charge in [0.05, 0.1) is 26.5 Å². The van der Waals surface area contributed by atoms with E-state index >= 15 is 0 Å². The summed E-state index contributed by atoms with van der Waals surface area (Å²) in [5, 5.41) is 10.0. The fraction of sp³-hybridized carbons (Fsp3) is 0.533. The molecule has 0 spiro atoms. The Morgan fingerprint density at radius 1 is 1.33 bits per heavy atom. The molecule has 0 aromatic carbocycles. The Balaban J connectivity index is 2.48. The Bertz CT molecular complexity index is 577. The highest BCUT2D eigenvalue weighted by Crippen LogP contribution is 2.36. The van der Waals surface area contributed by atoms with E-state index in [-0.39, 0.29) is 12.1 Å². The van der Waals surface area contributed by atoms with E-state index in [4.69, 9.17) is 9.47 Å². The Labute approximate surface area is 129 Å². The molecule has 0 aliphatic rings. The van der Waals surface area contributed by atoms with Crippen LogP contribution in [0.4, 0.5) is 0 Å². The van der Waals surface area contributed by atoms with Crippen LogP contribution in [0.2, 0.25) is 0 Å². The fourth-order valence-electron chi connectivity index (χ4n) is 2.33. The van der Waals surface area contributed by atoms with Gasteiger partial charge >= 0.3 is 0 Å². The third kappa shape index (κ3) is 3.22. The van der Waals surface area contributed by atoms with Gasteiger partial charge in [-0.05, 0) is 26.5 Å². The van der Waals surface area contributed by atoms with E-state index in [1.807, 2.05) is 10.1 Å². The van der Waals surface area contributed by atoms with Crippen LogP contribution in [0.1, 0.15) is 43.4 Å². The summed E-state index contributed by atoms with van der Waals surface area (Å²) < 4.78 is 12.8. The molecule has 0 saturated carbocycles. The van der Waals surface area contributed by atoms with E-state index in [0.29, 0.717) is 0 Å². The summed E-state index contributed by atoms with van der Waals surface area (Å²) in [5.41, 5.74) is 1.05. The molecule has 21 heavy (non-hydrogen) atoms. The molecule has 2 aromatic rings. The van der Waals surface area contributed by atoms with E-state index in [1.165, 1.54) is 4.88 Å². The van der Waals surface area contributed by atoms with Gasteiger partial charge in [-0.3, -0.25) is 4.68 Å². The van der Waals surface area contributed by atoms with Crippen molar-refractivity contribution < 1.29 is 9.47 Å². The normalized spacial score (nSPS) is 12.7. The lowest BCUT2D eigenvalue weighted by atomic mass is 10.1. The summed E-state index contributed by atoms with van der Waals surface area (Å²) >= 11 is 1.68. The highest BCUT2D eigenvalue weighted by molar-refractivity contribution is 7.10. The first kappa shape index (κ1) is 15.9. The fourth-order valence-corrected chi connectivity index (χ4v) is 3.26. The van der Waals surface area contributed by atoms with Crippen LogP contribution in [0.15, 0.2) is 17.6 Å². The van der Waals surface area contributed by atoms with Gasteiger partial charge in [0.25, 0.3) is 0 Å². The molecule has 5 nitrogen and oxygen atoms in total. The predicted molar refractivity (Wildman–Crippen MR) is 85.6 cm³/mol. The second-order valence-corrected chi connectivity index (χ2v) is 5.96. The number of rotatable bonds is 7. The van der Waals surface area contributed by atoms with Gasteiger partial charge in [-0.15, -0.1) is 11.3 Å². The van der Waals surface area contributed by atoms with Crippen LogP contribution in [0.25, 0.3) is 0 Å². The Morgan fingerprint density at radius 3 is 2.62 bits per heavy atom. The molecule has 2 heterocycles. The van der Waals surface area contributed by atoms with E-state index in [9.17, 15) is 0 Å². The Hall–Kier alpha value is -1.53. The van der Waals surface area contributed by atoms with Crippen molar-refractivity contribution >= 4 is 11.3 Å². The van der Waals surface area contributed by atoms with Gasteiger partial charge in [-0.25, -0.2) is 0 Å². The van der Waals surface area contributed by atoms with Gasteiger partial charge in [0.1, 0.15) is 11.4 Å². The summed E-state index contributed by atoms with van der Waals surface area (Å²) in [6, 6.07) is 2.38. The standard InChI is InChI=1S/C15H23N3O2S/c1-6-16-14(13-7-11(19-4)9-21-13)15-12(20-5)8-17-18(15)10(2)3/h7-10,14,16H,6H2,1-5H3. The molecule has 0 bridgehead atoms. The average molecular weight is 309 g/mol. The number of methoxy groups -OCH3 is 2. The van der Waals surface area contributed by atoms with Crippen LogP contribution in [0.5, 0.6) is 11.5 Å². The third-order valence-corrected chi connectivity index (χ3v) is 4.28. The number of thiophene rings is 1. The van der Waals surface area contributed by atoms with Crippen molar-refractivity contribution in [2.75, 3.05) is 20.8 Å². The van der Waals surface area contributed by atoms with Gasteiger partial charge < -0.3 is 14.8 Å². The number of nitrogens with one attached hydrogen (secondary N) is 1. The van der Waals surface area contributed by atoms with Crippen molar-refractivity contribution in [2.45, 2.75) is 32.9 Å². The first-order valence-electron chi connectivity index (χ1n) is 7.09. The maximum atomic E-state index is 5.51. The summed E-state index contributed by atoms with van der Waals surface area (Å²) in [4.78, 5) is 1.19. The van der Waals surface area contributed by atoms with Crippen LogP contribution in [-0.4, -0.2) is 30.5 Å². The molecular formula is C15H23N3O2S. The van der Waals surface area contributed by atoms with E-state index in [1.54, 1.807) is 31.8 Å². The molecule has 0 fully saturated rings. The predicted octanol–water partition coefficient (Wildman–Crippen LogP) is 3.24. The maximum Gasteiger partial charge on any atom is 0.161 e. The van der Waals surface area contributed by atoms with Gasteiger partial charge in [0.2, 0.25) is 0 Å². The molecule has 1 N–H and O–H groups in total. The topological polar surface area (TPSA) is 48.3 Å². The van der Waals surface area contributed by atoms with Crippen molar-refractivity contribution in [3.8, 4) is 11.5 Å². The second kappa shape index (κ2) is 6.95. The molecule has 116 valence electrons. The molecule has 1 unspecified atom stereocenters. The molecule has 1 atom stereocenters. The highest BCUT2D eigenvalue weighted by atomic mass is 32.1. The van der Waals surface area contributed by atoms with E-state index < -0.39 is 0 Å². The lowest BCUT2D eigenvalue weighted by molar-refractivity contribution is 0.394. The summed E-state index contributed by atoms with van der Waals surface area (Å²) in [5.74, 6) is 1.69. The molecule has 0 aliphatic carbocycles. The summed E-state index contributed by atoms with van der Waals surface area (Å²) in [7, 11) is 3.37. The average Bonchev–Trinajstić information content (AvgIpc) is 3.11. The number of ether oxygens (including phenoxy) is 2. The van der Waals surface area contributed by atoms with Crippen LogP contribution in [-0.2, 0) is 0 Å². The molecular weight excluding hydrogens is 286 g/mol. The zero-order valence-electron chi connectivity index (χ0n) is 13.2. The second-order valence-electron chi connectivity index (χ2n) is 5.02. The monoisotopic (exact) mass is 309 g/mol. The van der Waals surface area contributed by atoms with Crippen LogP contribution < -0.4 is 14.8 Å². The zero-order chi connectivity index (χ0) is 15.4. The lowest BCUT2D eigenvalue weighted by Crippen LogP contribution is -2.25. The van der Waals surface area contributed by atoms with E-state index in [2.05, 4.69) is 37.3 Å². The smallest absolute Gasteiger partial charge is 0.161 e. The van der Waals surface area contributed by atoms with Crippen molar-refractivity contribution in [3.05, 3.63) is 28.2 Å². The molecule has 0 saturated heterocycles. The number of nitrogens with zero attached hydrogens (tertiary/aromatic N) is 2. The quantitative estimate of drug-likeness (QED) is 0.853. The van der Waals surface area contributed by atoms with Gasteiger partial charge in [-0.2, -0.15) is 5.10 Å². The van der Waals surface area contributed by atoms with Gasteiger partial charge in [0, 0.05) is 16.3 Å². The lowest BCUT2D eigenvalue weighted by Gasteiger charge is -2.21. The van der Waals surface area contributed by atoms with Crippen LogP contribution >= 0.6 is 11.3 Å². The summed E-state index contributed by atoms with van der Waals surface area (Å²) in [6.07, 6.45) is 1.78. The van der Waals surface area contributed by atoms with Crippen molar-refractivity contribution in [1.29, 1.82) is 0 Å². The third-order valence-electron chi connectivity index (χ3n) is 3.31. The Kier molecular flexibility index (Phi) is 5.25. The molecule has 0 amide bonds. The molecule has 0 radical (unpaired) electrons. The largest absolute Gasteiger partial charge is 0.496 e.